The van der Waals surface area contributed by atoms with E-state index in [2.05, 4.69) is 21.2 Å². The summed E-state index contributed by atoms with van der Waals surface area (Å²) in [5, 5.41) is 8.60. The summed E-state index contributed by atoms with van der Waals surface area (Å²) in [6, 6.07) is 17.7. The second-order valence-electron chi connectivity index (χ2n) is 7.35. The zero-order valence-corrected chi connectivity index (χ0v) is 17.6. The SMILES string of the molecule is Cc1ccc(-c2cc(C(=O)Nc3ccccc3-c3cn4c(n3)SCC4)n(C)n2)cc1. The zero-order chi connectivity index (χ0) is 20.7. The zero-order valence-electron chi connectivity index (χ0n) is 16.8. The Balaban J connectivity index is 1.43. The molecule has 5 rings (SSSR count). The van der Waals surface area contributed by atoms with E-state index >= 15 is 0 Å². The first-order valence-electron chi connectivity index (χ1n) is 9.80. The summed E-state index contributed by atoms with van der Waals surface area (Å²) in [5.41, 5.74) is 5.98. The second-order valence-corrected chi connectivity index (χ2v) is 8.42. The number of rotatable bonds is 4. The molecule has 0 aliphatic carbocycles. The summed E-state index contributed by atoms with van der Waals surface area (Å²) >= 11 is 1.76. The fourth-order valence-electron chi connectivity index (χ4n) is 3.59. The third-order valence-electron chi connectivity index (χ3n) is 5.21. The standard InChI is InChI=1S/C23H21N5OS/c1-15-7-9-16(10-8-15)19-13-21(27(2)26-19)22(29)24-18-6-4-3-5-17(18)20-14-28-11-12-30-23(28)25-20/h3-10,13-14H,11-12H2,1-2H3,(H,24,29). The molecule has 7 heteroatoms. The van der Waals surface area contributed by atoms with Crippen LogP contribution in [0, 0.1) is 6.92 Å². The van der Waals surface area contributed by atoms with Gasteiger partial charge in [-0.05, 0) is 19.1 Å². The maximum atomic E-state index is 13.1. The Morgan fingerprint density at radius 3 is 2.70 bits per heavy atom. The first kappa shape index (κ1) is 18.7. The van der Waals surface area contributed by atoms with E-state index < -0.39 is 0 Å². The van der Waals surface area contributed by atoms with E-state index in [1.165, 1.54) is 5.56 Å². The maximum Gasteiger partial charge on any atom is 0.273 e. The maximum absolute atomic E-state index is 13.1. The lowest BCUT2D eigenvalue weighted by Crippen LogP contribution is -2.16. The molecule has 0 fully saturated rings. The van der Waals surface area contributed by atoms with E-state index in [1.807, 2.05) is 61.5 Å². The molecule has 2 aromatic carbocycles. The first-order chi connectivity index (χ1) is 14.6. The predicted molar refractivity (Wildman–Crippen MR) is 120 cm³/mol. The lowest BCUT2D eigenvalue weighted by Gasteiger charge is -2.09. The van der Waals surface area contributed by atoms with Crippen LogP contribution < -0.4 is 5.32 Å². The Morgan fingerprint density at radius 1 is 1.10 bits per heavy atom. The molecule has 0 spiro atoms. The van der Waals surface area contributed by atoms with Crippen LogP contribution in [0.3, 0.4) is 0 Å². The third-order valence-corrected chi connectivity index (χ3v) is 6.18. The van der Waals surface area contributed by atoms with E-state index in [9.17, 15) is 4.79 Å². The predicted octanol–water partition coefficient (Wildman–Crippen LogP) is 4.62. The molecule has 0 radical (unpaired) electrons. The fraction of sp³-hybridized carbons (Fsp3) is 0.174. The van der Waals surface area contributed by atoms with Gasteiger partial charge >= 0.3 is 0 Å². The van der Waals surface area contributed by atoms with Crippen molar-refractivity contribution in [3.05, 3.63) is 72.1 Å². The molecule has 1 amide bonds. The Hall–Kier alpha value is -3.32. The average molecular weight is 416 g/mol. The van der Waals surface area contributed by atoms with Gasteiger partial charge in [-0.15, -0.1) is 0 Å². The third kappa shape index (κ3) is 3.41. The Labute approximate surface area is 179 Å². The van der Waals surface area contributed by atoms with Gasteiger partial charge in [0.15, 0.2) is 5.16 Å². The second kappa shape index (κ2) is 7.50. The smallest absolute Gasteiger partial charge is 0.273 e. The van der Waals surface area contributed by atoms with Crippen LogP contribution in [-0.2, 0) is 13.6 Å². The number of benzene rings is 2. The highest BCUT2D eigenvalue weighted by Crippen LogP contribution is 2.32. The van der Waals surface area contributed by atoms with E-state index in [0.717, 1.165) is 45.7 Å². The number of imidazole rings is 1. The Morgan fingerprint density at radius 2 is 1.90 bits per heavy atom. The number of nitrogens with one attached hydrogen (secondary N) is 1. The van der Waals surface area contributed by atoms with Gasteiger partial charge in [0.05, 0.1) is 17.1 Å². The summed E-state index contributed by atoms with van der Waals surface area (Å²) in [4.78, 5) is 17.8. The molecule has 0 saturated carbocycles. The summed E-state index contributed by atoms with van der Waals surface area (Å²) in [7, 11) is 1.79. The van der Waals surface area contributed by atoms with Crippen LogP contribution in [0.15, 0.2) is 66.0 Å². The molecule has 0 saturated heterocycles. The highest BCUT2D eigenvalue weighted by atomic mass is 32.2. The van der Waals surface area contributed by atoms with Gasteiger partial charge in [-0.25, -0.2) is 4.98 Å². The van der Waals surface area contributed by atoms with Crippen molar-refractivity contribution >= 4 is 23.4 Å². The van der Waals surface area contributed by atoms with Gasteiger partial charge in [0.25, 0.3) is 5.91 Å². The van der Waals surface area contributed by atoms with Gasteiger partial charge in [-0.1, -0.05) is 59.8 Å². The molecule has 1 aliphatic rings. The van der Waals surface area contributed by atoms with Gasteiger partial charge < -0.3 is 9.88 Å². The van der Waals surface area contributed by atoms with Gasteiger partial charge in [0.1, 0.15) is 5.69 Å². The van der Waals surface area contributed by atoms with E-state index in [-0.39, 0.29) is 5.91 Å². The lowest BCUT2D eigenvalue weighted by atomic mass is 10.1. The number of nitrogens with zero attached hydrogens (tertiary/aromatic N) is 4. The quantitative estimate of drug-likeness (QED) is 0.528. The van der Waals surface area contributed by atoms with Gasteiger partial charge in [-0.3, -0.25) is 9.48 Å². The lowest BCUT2D eigenvalue weighted by molar-refractivity contribution is 0.101. The van der Waals surface area contributed by atoms with Crippen LogP contribution in [0.25, 0.3) is 22.5 Å². The van der Waals surface area contributed by atoms with Crippen molar-refractivity contribution in [2.75, 3.05) is 11.1 Å². The topological polar surface area (TPSA) is 64.7 Å². The molecule has 0 unspecified atom stereocenters. The number of hydrogen-bond acceptors (Lipinski definition) is 4. The molecule has 3 heterocycles. The number of carbonyl (C=O) groups excluding carboxylic acids is 1. The van der Waals surface area contributed by atoms with Crippen molar-refractivity contribution in [3.8, 4) is 22.5 Å². The van der Waals surface area contributed by atoms with Gasteiger partial charge in [0, 0.05) is 36.7 Å². The van der Waals surface area contributed by atoms with E-state index in [1.54, 1.807) is 23.5 Å². The normalized spacial score (nSPS) is 12.7. The van der Waals surface area contributed by atoms with Crippen molar-refractivity contribution in [2.24, 2.45) is 7.05 Å². The molecule has 1 aliphatic heterocycles. The van der Waals surface area contributed by atoms with Crippen LogP contribution in [-0.4, -0.2) is 31.0 Å². The molecule has 1 N–H and O–H groups in total. The molecule has 0 bridgehead atoms. The summed E-state index contributed by atoms with van der Waals surface area (Å²) in [6.07, 6.45) is 2.06. The van der Waals surface area contributed by atoms with Crippen LogP contribution in [0.5, 0.6) is 0 Å². The Kier molecular flexibility index (Phi) is 4.67. The highest BCUT2D eigenvalue weighted by Gasteiger charge is 2.19. The van der Waals surface area contributed by atoms with Crippen LogP contribution >= 0.6 is 11.8 Å². The minimum Gasteiger partial charge on any atom is -0.325 e. The molecular formula is C23H21N5OS. The number of aromatic nitrogens is 4. The summed E-state index contributed by atoms with van der Waals surface area (Å²) < 4.78 is 3.78. The summed E-state index contributed by atoms with van der Waals surface area (Å²) in [6.45, 7) is 3.02. The number of aryl methyl sites for hydroxylation is 3. The van der Waals surface area contributed by atoms with Crippen molar-refractivity contribution in [2.45, 2.75) is 18.6 Å². The van der Waals surface area contributed by atoms with Crippen molar-refractivity contribution in [1.29, 1.82) is 0 Å². The van der Waals surface area contributed by atoms with Crippen molar-refractivity contribution in [3.63, 3.8) is 0 Å². The van der Waals surface area contributed by atoms with Crippen LogP contribution in [0.4, 0.5) is 5.69 Å². The molecule has 6 nitrogen and oxygen atoms in total. The monoisotopic (exact) mass is 415 g/mol. The minimum absolute atomic E-state index is 0.197. The van der Waals surface area contributed by atoms with Gasteiger partial charge in [0.2, 0.25) is 0 Å². The molecule has 2 aromatic heterocycles. The van der Waals surface area contributed by atoms with Crippen molar-refractivity contribution in [1.82, 2.24) is 19.3 Å². The summed E-state index contributed by atoms with van der Waals surface area (Å²) in [5.74, 6) is 0.863. The van der Waals surface area contributed by atoms with E-state index in [0.29, 0.717) is 5.69 Å². The van der Waals surface area contributed by atoms with Crippen molar-refractivity contribution < 1.29 is 4.79 Å². The molecule has 150 valence electrons. The number of hydrogen-bond donors (Lipinski definition) is 1. The largest absolute Gasteiger partial charge is 0.325 e. The average Bonchev–Trinajstić information content (AvgIpc) is 3.44. The molecule has 0 atom stereocenters. The number of anilines is 1. The molecular weight excluding hydrogens is 394 g/mol. The molecule has 4 aromatic rings. The van der Waals surface area contributed by atoms with E-state index in [4.69, 9.17) is 4.98 Å². The number of amides is 1. The number of para-hydroxylation sites is 1. The molecule has 30 heavy (non-hydrogen) atoms. The number of thioether (sulfide) groups is 1. The van der Waals surface area contributed by atoms with Gasteiger partial charge in [-0.2, -0.15) is 5.10 Å². The first-order valence-corrected chi connectivity index (χ1v) is 10.8. The fourth-order valence-corrected chi connectivity index (χ4v) is 4.53. The number of carbonyl (C=O) groups is 1. The Bertz CT molecular complexity index is 1220. The number of fused-ring (bicyclic) bond motifs is 1. The van der Waals surface area contributed by atoms with Crippen LogP contribution in [0.2, 0.25) is 0 Å². The highest BCUT2D eigenvalue weighted by molar-refractivity contribution is 7.99. The minimum atomic E-state index is -0.197. The van der Waals surface area contributed by atoms with Crippen LogP contribution in [0.1, 0.15) is 16.1 Å².